The number of fused-ring (bicyclic) bond motifs is 3. The van der Waals surface area contributed by atoms with Gasteiger partial charge in [-0.15, -0.1) is 11.3 Å². The maximum Gasteiger partial charge on any atom is 0.416 e. The van der Waals surface area contributed by atoms with Crippen LogP contribution in [-0.2, 0) is 29.0 Å². The van der Waals surface area contributed by atoms with E-state index in [1.165, 1.54) is 6.07 Å². The summed E-state index contributed by atoms with van der Waals surface area (Å²) < 4.78 is 68.1. The molecule has 0 saturated heterocycles. The van der Waals surface area contributed by atoms with Crippen molar-refractivity contribution < 1.29 is 26.4 Å². The number of anilines is 1. The van der Waals surface area contributed by atoms with Crippen molar-refractivity contribution in [2.75, 3.05) is 5.32 Å². The highest BCUT2D eigenvalue weighted by molar-refractivity contribution is 7.91. The van der Waals surface area contributed by atoms with Gasteiger partial charge in [-0.1, -0.05) is 24.1 Å². The number of halogens is 4. The number of sulfonamides is 1. The van der Waals surface area contributed by atoms with Crippen LogP contribution in [-0.4, -0.2) is 20.4 Å². The molecular weight excluding hydrogens is 545 g/mol. The summed E-state index contributed by atoms with van der Waals surface area (Å²) in [5.74, 6) is -0.245. The van der Waals surface area contributed by atoms with E-state index in [-0.39, 0.29) is 27.7 Å². The van der Waals surface area contributed by atoms with Gasteiger partial charge in [-0.25, -0.2) is 13.1 Å². The van der Waals surface area contributed by atoms with Crippen LogP contribution in [0.5, 0.6) is 0 Å². The summed E-state index contributed by atoms with van der Waals surface area (Å²) in [6, 6.07) is 12.6. The number of hydrogen-bond donors (Lipinski definition) is 2. The second-order valence-electron chi connectivity index (χ2n) is 9.58. The van der Waals surface area contributed by atoms with Gasteiger partial charge in [0.2, 0.25) is 10.0 Å². The van der Waals surface area contributed by atoms with Crippen molar-refractivity contribution in [3.63, 3.8) is 0 Å². The van der Waals surface area contributed by atoms with E-state index in [0.29, 0.717) is 16.4 Å². The summed E-state index contributed by atoms with van der Waals surface area (Å²) in [5.41, 5.74) is 2.02. The molecule has 0 aliphatic heterocycles. The third-order valence-corrected chi connectivity index (χ3v) is 10.4. The van der Waals surface area contributed by atoms with Crippen LogP contribution in [0.1, 0.15) is 46.3 Å². The minimum absolute atomic E-state index is 0.103. The highest BCUT2D eigenvalue weighted by Crippen LogP contribution is 2.40. The SMILES string of the molecule is O=C(Nc1ccc2c(c1)CC1CCCC(C2)C1NS(=O)(=O)c1ccc(Cl)s1)c1ccc(C(F)(F)F)cc1. The lowest BCUT2D eigenvalue weighted by Crippen LogP contribution is -2.47. The molecule has 3 atom stereocenters. The van der Waals surface area contributed by atoms with Crippen molar-refractivity contribution in [3.05, 3.63) is 81.2 Å². The number of nitrogens with one attached hydrogen (secondary N) is 2. The van der Waals surface area contributed by atoms with Crippen LogP contribution in [0.2, 0.25) is 4.34 Å². The van der Waals surface area contributed by atoms with Gasteiger partial charge >= 0.3 is 6.18 Å². The molecule has 3 aromatic rings. The molecule has 3 unspecified atom stereocenters. The van der Waals surface area contributed by atoms with Gasteiger partial charge in [-0.05, 0) is 97.2 Å². The number of carbonyl (C=O) groups excluding carboxylic acids is 1. The zero-order valence-corrected chi connectivity index (χ0v) is 21.9. The van der Waals surface area contributed by atoms with Crippen molar-refractivity contribution in [1.82, 2.24) is 4.72 Å². The molecule has 11 heteroatoms. The average molecular weight is 569 g/mol. The first-order valence-electron chi connectivity index (χ1n) is 11.9. The minimum Gasteiger partial charge on any atom is -0.322 e. The van der Waals surface area contributed by atoms with Crippen molar-refractivity contribution in [2.24, 2.45) is 11.8 Å². The molecule has 1 aromatic heterocycles. The Morgan fingerprint density at radius 3 is 2.24 bits per heavy atom. The summed E-state index contributed by atoms with van der Waals surface area (Å²) >= 11 is 6.99. The maximum atomic E-state index is 13.0. The fourth-order valence-electron chi connectivity index (χ4n) is 5.39. The van der Waals surface area contributed by atoms with Crippen LogP contribution < -0.4 is 10.0 Å². The molecule has 2 aliphatic rings. The van der Waals surface area contributed by atoms with E-state index in [2.05, 4.69) is 10.0 Å². The minimum atomic E-state index is -4.47. The van der Waals surface area contributed by atoms with E-state index in [1.54, 1.807) is 12.1 Å². The fraction of sp³-hybridized carbons (Fsp3) is 0.346. The van der Waals surface area contributed by atoms with E-state index in [9.17, 15) is 26.4 Å². The van der Waals surface area contributed by atoms with Gasteiger partial charge in [0.15, 0.2) is 0 Å². The number of hydrogen-bond acceptors (Lipinski definition) is 4. The third-order valence-electron chi connectivity index (χ3n) is 7.17. The third kappa shape index (κ3) is 5.72. The molecule has 0 radical (unpaired) electrons. The molecule has 196 valence electrons. The quantitative estimate of drug-likeness (QED) is 0.367. The van der Waals surface area contributed by atoms with Gasteiger partial charge in [-0.3, -0.25) is 4.79 Å². The number of alkyl halides is 3. The van der Waals surface area contributed by atoms with Crippen LogP contribution in [0, 0.1) is 11.8 Å². The highest BCUT2D eigenvalue weighted by Gasteiger charge is 2.39. The first-order valence-corrected chi connectivity index (χ1v) is 14.6. The molecule has 1 fully saturated rings. The standard InChI is InChI=1S/C26H24ClF3N2O3S2/c27-22-10-11-23(36-22)37(34,35)32-24-17-2-1-3-18(24)13-19-14-21(9-6-16(19)12-17)31-25(33)15-4-7-20(8-5-15)26(28,29)30/h4-11,14,17-18,24,32H,1-3,12-13H2,(H,31,33). The Hall–Kier alpha value is -2.40. The van der Waals surface area contributed by atoms with E-state index >= 15 is 0 Å². The lowest BCUT2D eigenvalue weighted by Gasteiger charge is -2.36. The number of carbonyl (C=O) groups is 1. The Labute approximate surface area is 222 Å². The van der Waals surface area contributed by atoms with E-state index in [4.69, 9.17) is 11.6 Å². The maximum absolute atomic E-state index is 13.0. The zero-order valence-electron chi connectivity index (χ0n) is 19.5. The second kappa shape index (κ2) is 10.1. The first-order chi connectivity index (χ1) is 17.5. The van der Waals surface area contributed by atoms with Gasteiger partial charge in [-0.2, -0.15) is 13.2 Å². The monoisotopic (exact) mass is 568 g/mol. The Kier molecular flexibility index (Phi) is 7.12. The average Bonchev–Trinajstić information content (AvgIpc) is 3.27. The lowest BCUT2D eigenvalue weighted by molar-refractivity contribution is -0.137. The Bertz CT molecular complexity index is 1420. The van der Waals surface area contributed by atoms with Gasteiger partial charge in [0.1, 0.15) is 4.21 Å². The van der Waals surface area contributed by atoms with Crippen LogP contribution in [0.4, 0.5) is 18.9 Å². The largest absolute Gasteiger partial charge is 0.416 e. The normalized spacial score (nSPS) is 21.7. The molecule has 5 rings (SSSR count). The van der Waals surface area contributed by atoms with E-state index < -0.39 is 27.7 Å². The molecule has 1 amide bonds. The highest BCUT2D eigenvalue weighted by atomic mass is 35.5. The number of benzene rings is 2. The van der Waals surface area contributed by atoms with Crippen molar-refractivity contribution >= 4 is 44.6 Å². The second-order valence-corrected chi connectivity index (χ2v) is 13.2. The van der Waals surface area contributed by atoms with Crippen molar-refractivity contribution in [2.45, 2.75) is 48.5 Å². The molecule has 2 bridgehead atoms. The Balaban J connectivity index is 1.33. The number of rotatable bonds is 5. The summed E-state index contributed by atoms with van der Waals surface area (Å²) in [6.07, 6.45) is -0.264. The predicted octanol–water partition coefficient (Wildman–Crippen LogP) is 6.53. The number of thiophene rings is 1. The number of amides is 1. The topological polar surface area (TPSA) is 75.3 Å². The zero-order chi connectivity index (χ0) is 26.4. The Morgan fingerprint density at radius 1 is 0.946 bits per heavy atom. The van der Waals surface area contributed by atoms with Crippen LogP contribution >= 0.6 is 22.9 Å². The van der Waals surface area contributed by atoms with Gasteiger partial charge in [0.25, 0.3) is 5.91 Å². The van der Waals surface area contributed by atoms with Gasteiger partial charge < -0.3 is 5.32 Å². The molecule has 2 aromatic carbocycles. The van der Waals surface area contributed by atoms with E-state index in [0.717, 1.165) is 72.4 Å². The smallest absolute Gasteiger partial charge is 0.322 e. The molecule has 1 saturated carbocycles. The lowest BCUT2D eigenvalue weighted by atomic mass is 9.76. The predicted molar refractivity (Wildman–Crippen MR) is 138 cm³/mol. The van der Waals surface area contributed by atoms with Gasteiger partial charge in [0, 0.05) is 17.3 Å². The van der Waals surface area contributed by atoms with Crippen LogP contribution in [0.15, 0.2) is 58.8 Å². The molecule has 2 aliphatic carbocycles. The molecule has 2 N–H and O–H groups in total. The summed E-state index contributed by atoms with van der Waals surface area (Å²) in [6.45, 7) is 0. The molecular formula is C26H24ClF3N2O3S2. The fourth-order valence-corrected chi connectivity index (χ4v) is 8.26. The van der Waals surface area contributed by atoms with Crippen LogP contribution in [0.3, 0.4) is 0 Å². The molecule has 5 nitrogen and oxygen atoms in total. The summed E-state index contributed by atoms with van der Waals surface area (Å²) in [4.78, 5) is 12.7. The summed E-state index contributed by atoms with van der Waals surface area (Å²) in [7, 11) is -3.70. The first kappa shape index (κ1) is 26.2. The van der Waals surface area contributed by atoms with Crippen molar-refractivity contribution in [1.29, 1.82) is 0 Å². The molecule has 1 heterocycles. The van der Waals surface area contributed by atoms with E-state index in [1.807, 2.05) is 12.1 Å². The Morgan fingerprint density at radius 2 is 1.62 bits per heavy atom. The summed E-state index contributed by atoms with van der Waals surface area (Å²) in [5, 5.41) is 2.78. The molecule has 0 spiro atoms. The molecule has 37 heavy (non-hydrogen) atoms. The van der Waals surface area contributed by atoms with Gasteiger partial charge in [0.05, 0.1) is 9.90 Å². The van der Waals surface area contributed by atoms with Crippen LogP contribution in [0.25, 0.3) is 0 Å². The van der Waals surface area contributed by atoms with Crippen molar-refractivity contribution in [3.8, 4) is 0 Å².